The number of pyridine rings is 1. The summed E-state index contributed by atoms with van der Waals surface area (Å²) in [6.45, 7) is -0.192. The summed E-state index contributed by atoms with van der Waals surface area (Å²) in [5.41, 5.74) is 2.71. The predicted octanol–water partition coefficient (Wildman–Crippen LogP) is 1.83. The third kappa shape index (κ3) is 2.48. The third-order valence-corrected chi connectivity index (χ3v) is 3.11. The Morgan fingerprint density at radius 1 is 1.14 bits per heavy atom. The molecule has 106 valence electrons. The Morgan fingerprint density at radius 3 is 2.57 bits per heavy atom. The van der Waals surface area contributed by atoms with E-state index in [2.05, 4.69) is 15.3 Å². The van der Waals surface area contributed by atoms with Gasteiger partial charge < -0.3 is 9.84 Å². The van der Waals surface area contributed by atoms with Crippen LogP contribution in [0.4, 0.5) is 0 Å². The van der Waals surface area contributed by atoms with Crippen LogP contribution in [0.2, 0.25) is 0 Å². The second-order valence-corrected chi connectivity index (χ2v) is 4.37. The highest BCUT2D eigenvalue weighted by atomic mass is 16.5. The summed E-state index contributed by atoms with van der Waals surface area (Å²) in [5, 5.41) is 17.6. The molecule has 0 fully saturated rings. The Morgan fingerprint density at radius 2 is 1.95 bits per heavy atom. The number of aliphatic hydroxyl groups is 1. The zero-order chi connectivity index (χ0) is 14.7. The average Bonchev–Trinajstić information content (AvgIpc) is 2.99. The molecule has 6 heteroatoms. The molecule has 3 aromatic rings. The number of methoxy groups -OCH3 is 1. The number of ether oxygens (including phenoxy) is 1. The van der Waals surface area contributed by atoms with Crippen LogP contribution in [0, 0.1) is 0 Å². The molecule has 0 amide bonds. The second kappa shape index (κ2) is 5.72. The number of hydrogen-bond donors (Lipinski definition) is 1. The highest BCUT2D eigenvalue weighted by Crippen LogP contribution is 2.24. The first-order valence-electron chi connectivity index (χ1n) is 6.44. The summed E-state index contributed by atoms with van der Waals surface area (Å²) in [7, 11) is 1.62. The van der Waals surface area contributed by atoms with Gasteiger partial charge in [0.2, 0.25) is 0 Å². The van der Waals surface area contributed by atoms with Crippen molar-refractivity contribution in [2.75, 3.05) is 7.11 Å². The molecule has 3 rings (SSSR count). The number of aliphatic hydroxyl groups excluding tert-OH is 1. The lowest BCUT2D eigenvalue weighted by Crippen LogP contribution is -2.01. The van der Waals surface area contributed by atoms with Gasteiger partial charge in [-0.15, -0.1) is 5.10 Å². The summed E-state index contributed by atoms with van der Waals surface area (Å²) < 4.78 is 6.81. The first-order valence-corrected chi connectivity index (χ1v) is 6.44. The van der Waals surface area contributed by atoms with Gasteiger partial charge in [0.15, 0.2) is 0 Å². The second-order valence-electron chi connectivity index (χ2n) is 4.37. The SMILES string of the molecule is COc1ccc(-n2nnc(CO)c2-c2ccccn2)cc1. The van der Waals surface area contributed by atoms with Crippen LogP contribution in [0.15, 0.2) is 48.7 Å². The van der Waals surface area contributed by atoms with E-state index in [1.807, 2.05) is 42.5 Å². The molecule has 1 aromatic carbocycles. The molecule has 0 bridgehead atoms. The lowest BCUT2D eigenvalue weighted by molar-refractivity contribution is 0.277. The van der Waals surface area contributed by atoms with Crippen molar-refractivity contribution in [1.29, 1.82) is 0 Å². The van der Waals surface area contributed by atoms with Crippen molar-refractivity contribution in [3.05, 3.63) is 54.4 Å². The van der Waals surface area contributed by atoms with E-state index in [-0.39, 0.29) is 6.61 Å². The van der Waals surface area contributed by atoms with Gasteiger partial charge in [-0.25, -0.2) is 4.68 Å². The zero-order valence-corrected chi connectivity index (χ0v) is 11.5. The van der Waals surface area contributed by atoms with Crippen LogP contribution in [-0.4, -0.2) is 32.2 Å². The van der Waals surface area contributed by atoms with Crippen LogP contribution in [-0.2, 0) is 6.61 Å². The molecule has 0 aliphatic carbocycles. The molecular formula is C15H14N4O2. The van der Waals surface area contributed by atoms with E-state index < -0.39 is 0 Å². The van der Waals surface area contributed by atoms with Gasteiger partial charge in [0.05, 0.1) is 25.1 Å². The largest absolute Gasteiger partial charge is 0.497 e. The van der Waals surface area contributed by atoms with Crippen LogP contribution in [0.25, 0.3) is 17.1 Å². The minimum absolute atomic E-state index is 0.192. The monoisotopic (exact) mass is 282 g/mol. The predicted molar refractivity (Wildman–Crippen MR) is 77.1 cm³/mol. The summed E-state index contributed by atoms with van der Waals surface area (Å²) in [6.07, 6.45) is 1.70. The molecule has 6 nitrogen and oxygen atoms in total. The average molecular weight is 282 g/mol. The Bertz CT molecular complexity index is 723. The third-order valence-electron chi connectivity index (χ3n) is 3.11. The number of aromatic nitrogens is 4. The Labute approximate surface area is 121 Å². The molecular weight excluding hydrogens is 268 g/mol. The van der Waals surface area contributed by atoms with E-state index in [9.17, 15) is 5.11 Å². The van der Waals surface area contributed by atoms with Crippen molar-refractivity contribution in [1.82, 2.24) is 20.0 Å². The van der Waals surface area contributed by atoms with Gasteiger partial charge in [-0.2, -0.15) is 0 Å². The molecule has 0 atom stereocenters. The van der Waals surface area contributed by atoms with Gasteiger partial charge >= 0.3 is 0 Å². The zero-order valence-electron chi connectivity index (χ0n) is 11.5. The maximum absolute atomic E-state index is 9.46. The maximum Gasteiger partial charge on any atom is 0.119 e. The molecule has 2 aromatic heterocycles. The quantitative estimate of drug-likeness (QED) is 0.790. The van der Waals surface area contributed by atoms with E-state index in [0.717, 1.165) is 11.4 Å². The number of benzene rings is 1. The minimum atomic E-state index is -0.192. The molecule has 2 heterocycles. The van der Waals surface area contributed by atoms with Crippen molar-refractivity contribution in [3.8, 4) is 22.8 Å². The molecule has 0 aliphatic heterocycles. The van der Waals surface area contributed by atoms with E-state index >= 15 is 0 Å². The summed E-state index contributed by atoms with van der Waals surface area (Å²) in [5.74, 6) is 0.764. The van der Waals surface area contributed by atoms with E-state index in [0.29, 0.717) is 17.1 Å². The minimum Gasteiger partial charge on any atom is -0.497 e. The lowest BCUT2D eigenvalue weighted by atomic mass is 10.2. The van der Waals surface area contributed by atoms with Crippen molar-refractivity contribution >= 4 is 0 Å². The van der Waals surface area contributed by atoms with Gasteiger partial charge in [-0.1, -0.05) is 11.3 Å². The fourth-order valence-corrected chi connectivity index (χ4v) is 2.08. The number of nitrogens with zero attached hydrogens (tertiary/aromatic N) is 4. The smallest absolute Gasteiger partial charge is 0.119 e. The normalized spacial score (nSPS) is 10.6. The molecule has 0 saturated carbocycles. The topological polar surface area (TPSA) is 73.1 Å². The standard InChI is InChI=1S/C15H14N4O2/c1-21-12-7-5-11(6-8-12)19-15(14(10-20)17-18-19)13-4-2-3-9-16-13/h2-9,20H,10H2,1H3. The van der Waals surface area contributed by atoms with Crippen molar-refractivity contribution in [2.24, 2.45) is 0 Å². The molecule has 0 aliphatic rings. The first-order chi connectivity index (χ1) is 10.3. The Hall–Kier alpha value is -2.73. The van der Waals surface area contributed by atoms with Crippen molar-refractivity contribution in [2.45, 2.75) is 6.61 Å². The first kappa shape index (κ1) is 13.3. The number of hydrogen-bond acceptors (Lipinski definition) is 5. The molecule has 0 unspecified atom stereocenters. The Kier molecular flexibility index (Phi) is 3.61. The fraction of sp³-hybridized carbons (Fsp3) is 0.133. The van der Waals surface area contributed by atoms with Crippen LogP contribution < -0.4 is 4.74 Å². The fourth-order valence-electron chi connectivity index (χ4n) is 2.08. The van der Waals surface area contributed by atoms with Gasteiger partial charge in [-0.05, 0) is 36.4 Å². The van der Waals surface area contributed by atoms with Crippen molar-refractivity contribution in [3.63, 3.8) is 0 Å². The van der Waals surface area contributed by atoms with Gasteiger partial charge in [0.25, 0.3) is 0 Å². The molecule has 1 N–H and O–H groups in total. The van der Waals surface area contributed by atoms with E-state index in [1.54, 1.807) is 18.0 Å². The summed E-state index contributed by atoms with van der Waals surface area (Å²) in [6, 6.07) is 13.0. The van der Waals surface area contributed by atoms with Gasteiger partial charge in [0, 0.05) is 6.20 Å². The van der Waals surface area contributed by atoms with Crippen LogP contribution >= 0.6 is 0 Å². The molecule has 0 spiro atoms. The van der Waals surface area contributed by atoms with Gasteiger partial charge in [-0.3, -0.25) is 4.98 Å². The highest BCUT2D eigenvalue weighted by molar-refractivity contribution is 5.60. The van der Waals surface area contributed by atoms with Crippen LogP contribution in [0.5, 0.6) is 5.75 Å². The molecule has 21 heavy (non-hydrogen) atoms. The molecule has 0 radical (unpaired) electrons. The number of rotatable bonds is 4. The highest BCUT2D eigenvalue weighted by Gasteiger charge is 2.16. The van der Waals surface area contributed by atoms with Crippen molar-refractivity contribution < 1.29 is 9.84 Å². The Balaban J connectivity index is 2.12. The van der Waals surface area contributed by atoms with E-state index in [1.165, 1.54) is 0 Å². The summed E-state index contributed by atoms with van der Waals surface area (Å²) in [4.78, 5) is 4.31. The van der Waals surface area contributed by atoms with Gasteiger partial charge in [0.1, 0.15) is 17.1 Å². The molecule has 0 saturated heterocycles. The summed E-state index contributed by atoms with van der Waals surface area (Å²) >= 11 is 0. The maximum atomic E-state index is 9.46. The van der Waals surface area contributed by atoms with E-state index in [4.69, 9.17) is 4.74 Å². The van der Waals surface area contributed by atoms with Crippen LogP contribution in [0.3, 0.4) is 0 Å². The van der Waals surface area contributed by atoms with Crippen LogP contribution in [0.1, 0.15) is 5.69 Å². The lowest BCUT2D eigenvalue weighted by Gasteiger charge is -2.07.